The van der Waals surface area contributed by atoms with E-state index in [2.05, 4.69) is 0 Å². The fraction of sp³-hybridized carbons (Fsp3) is 0.667. The average Bonchev–Trinajstić information content (AvgIpc) is 2.28. The van der Waals surface area contributed by atoms with Crippen LogP contribution in [0.1, 0.15) is 26.2 Å². The summed E-state index contributed by atoms with van der Waals surface area (Å²) in [5.41, 5.74) is 0.499. The Balaban J connectivity index is 2.60. The van der Waals surface area contributed by atoms with Crippen LogP contribution in [0.15, 0.2) is 11.6 Å². The first-order valence-electron chi connectivity index (χ1n) is 4.28. The monoisotopic (exact) mass is 170 g/mol. The standard InChI is InChI=1S/C9H14O3/c1-2-8-6-7(9(10)11)4-3-5-12-8/h4,8H,2-3,5-6H2,1H3,(H,10,11). The first-order valence-corrected chi connectivity index (χ1v) is 4.28. The Bertz CT molecular complexity index is 196. The van der Waals surface area contributed by atoms with Crippen LogP contribution in [0.2, 0.25) is 0 Å². The Morgan fingerprint density at radius 3 is 3.17 bits per heavy atom. The van der Waals surface area contributed by atoms with Crippen LogP contribution in [0.4, 0.5) is 0 Å². The summed E-state index contributed by atoms with van der Waals surface area (Å²) in [6.07, 6.45) is 4.00. The SMILES string of the molecule is CCC1CC(C(=O)O)=CCCO1. The Kier molecular flexibility index (Phi) is 3.29. The van der Waals surface area contributed by atoms with Crippen molar-refractivity contribution in [2.45, 2.75) is 32.3 Å². The molecule has 0 aromatic heterocycles. The molecule has 0 saturated heterocycles. The molecular formula is C9H14O3. The molecule has 1 aliphatic rings. The van der Waals surface area contributed by atoms with Gasteiger partial charge in [0.05, 0.1) is 12.7 Å². The molecule has 3 nitrogen and oxygen atoms in total. The van der Waals surface area contributed by atoms with Crippen molar-refractivity contribution in [3.8, 4) is 0 Å². The van der Waals surface area contributed by atoms with E-state index in [0.717, 1.165) is 12.8 Å². The predicted molar refractivity (Wildman–Crippen MR) is 45.0 cm³/mol. The molecule has 12 heavy (non-hydrogen) atoms. The number of hydrogen-bond donors (Lipinski definition) is 1. The molecule has 0 aliphatic carbocycles. The molecule has 0 radical (unpaired) electrons. The van der Waals surface area contributed by atoms with Crippen molar-refractivity contribution >= 4 is 5.97 Å². The molecular weight excluding hydrogens is 156 g/mol. The van der Waals surface area contributed by atoms with Crippen LogP contribution in [-0.4, -0.2) is 23.8 Å². The number of carboxylic acids is 1. The number of aliphatic carboxylic acids is 1. The van der Waals surface area contributed by atoms with Crippen LogP contribution in [0.3, 0.4) is 0 Å². The van der Waals surface area contributed by atoms with Crippen LogP contribution in [0.25, 0.3) is 0 Å². The van der Waals surface area contributed by atoms with E-state index in [1.165, 1.54) is 0 Å². The van der Waals surface area contributed by atoms with Gasteiger partial charge in [-0.1, -0.05) is 13.0 Å². The van der Waals surface area contributed by atoms with E-state index in [-0.39, 0.29) is 6.10 Å². The van der Waals surface area contributed by atoms with Gasteiger partial charge in [0.1, 0.15) is 0 Å². The Morgan fingerprint density at radius 1 is 1.83 bits per heavy atom. The largest absolute Gasteiger partial charge is 0.478 e. The van der Waals surface area contributed by atoms with Gasteiger partial charge in [-0.25, -0.2) is 4.79 Å². The van der Waals surface area contributed by atoms with E-state index in [0.29, 0.717) is 18.6 Å². The molecule has 0 saturated carbocycles. The van der Waals surface area contributed by atoms with Gasteiger partial charge in [0, 0.05) is 12.0 Å². The molecule has 1 unspecified atom stereocenters. The highest BCUT2D eigenvalue weighted by Crippen LogP contribution is 2.16. The molecule has 1 N–H and O–H groups in total. The van der Waals surface area contributed by atoms with E-state index >= 15 is 0 Å². The molecule has 0 aromatic carbocycles. The second-order valence-corrected chi connectivity index (χ2v) is 2.93. The minimum absolute atomic E-state index is 0.0925. The van der Waals surface area contributed by atoms with Crippen molar-refractivity contribution in [3.63, 3.8) is 0 Å². The second-order valence-electron chi connectivity index (χ2n) is 2.93. The first-order chi connectivity index (χ1) is 5.74. The van der Waals surface area contributed by atoms with Crippen molar-refractivity contribution in [2.24, 2.45) is 0 Å². The number of hydrogen-bond acceptors (Lipinski definition) is 2. The van der Waals surface area contributed by atoms with Crippen molar-refractivity contribution in [3.05, 3.63) is 11.6 Å². The predicted octanol–water partition coefficient (Wildman–Crippen LogP) is 1.59. The number of rotatable bonds is 2. The maximum Gasteiger partial charge on any atom is 0.331 e. The lowest BCUT2D eigenvalue weighted by molar-refractivity contribution is -0.133. The lowest BCUT2D eigenvalue weighted by atomic mass is 10.1. The molecule has 1 atom stereocenters. The van der Waals surface area contributed by atoms with Crippen LogP contribution >= 0.6 is 0 Å². The van der Waals surface area contributed by atoms with Gasteiger partial charge in [-0.2, -0.15) is 0 Å². The fourth-order valence-electron chi connectivity index (χ4n) is 1.29. The van der Waals surface area contributed by atoms with Gasteiger partial charge < -0.3 is 9.84 Å². The van der Waals surface area contributed by atoms with Gasteiger partial charge in [-0.05, 0) is 12.8 Å². The Hall–Kier alpha value is -0.830. The van der Waals surface area contributed by atoms with E-state index in [9.17, 15) is 4.79 Å². The molecule has 0 aromatic rings. The number of carboxylic acid groups (broad SMARTS) is 1. The maximum atomic E-state index is 10.6. The van der Waals surface area contributed by atoms with Crippen molar-refractivity contribution in [1.82, 2.24) is 0 Å². The summed E-state index contributed by atoms with van der Waals surface area (Å²) in [6, 6.07) is 0. The third-order valence-corrected chi connectivity index (χ3v) is 2.04. The van der Waals surface area contributed by atoms with Crippen molar-refractivity contribution < 1.29 is 14.6 Å². The summed E-state index contributed by atoms with van der Waals surface area (Å²) in [5.74, 6) is -0.807. The second kappa shape index (κ2) is 4.26. The Morgan fingerprint density at radius 2 is 2.58 bits per heavy atom. The van der Waals surface area contributed by atoms with Gasteiger partial charge in [0.15, 0.2) is 0 Å². The number of ether oxygens (including phenoxy) is 1. The topological polar surface area (TPSA) is 46.5 Å². The van der Waals surface area contributed by atoms with E-state index in [1.807, 2.05) is 6.92 Å². The molecule has 0 spiro atoms. The summed E-state index contributed by atoms with van der Waals surface area (Å²) in [5, 5.41) is 8.75. The zero-order valence-electron chi connectivity index (χ0n) is 7.25. The normalized spacial score (nSPS) is 24.4. The molecule has 0 fully saturated rings. The zero-order valence-corrected chi connectivity index (χ0v) is 7.25. The smallest absolute Gasteiger partial charge is 0.331 e. The van der Waals surface area contributed by atoms with Gasteiger partial charge >= 0.3 is 5.97 Å². The minimum atomic E-state index is -0.807. The third kappa shape index (κ3) is 2.34. The van der Waals surface area contributed by atoms with Crippen molar-refractivity contribution in [1.29, 1.82) is 0 Å². The van der Waals surface area contributed by atoms with Crippen molar-refractivity contribution in [2.75, 3.05) is 6.61 Å². The third-order valence-electron chi connectivity index (χ3n) is 2.04. The minimum Gasteiger partial charge on any atom is -0.478 e. The maximum absolute atomic E-state index is 10.6. The van der Waals surface area contributed by atoms with E-state index < -0.39 is 5.97 Å². The summed E-state index contributed by atoms with van der Waals surface area (Å²) in [4.78, 5) is 10.6. The summed E-state index contributed by atoms with van der Waals surface area (Å²) >= 11 is 0. The summed E-state index contributed by atoms with van der Waals surface area (Å²) < 4.78 is 5.42. The molecule has 0 bridgehead atoms. The Labute approximate surface area is 72.0 Å². The van der Waals surface area contributed by atoms with Gasteiger partial charge in [-0.15, -0.1) is 0 Å². The first kappa shape index (κ1) is 9.26. The lowest BCUT2D eigenvalue weighted by Crippen LogP contribution is -2.13. The summed E-state index contributed by atoms with van der Waals surface area (Å²) in [6.45, 7) is 2.66. The van der Waals surface area contributed by atoms with Gasteiger partial charge in [0.2, 0.25) is 0 Å². The molecule has 0 amide bonds. The molecule has 1 heterocycles. The molecule has 1 aliphatic heterocycles. The van der Waals surface area contributed by atoms with Crippen LogP contribution in [-0.2, 0) is 9.53 Å². The molecule has 68 valence electrons. The van der Waals surface area contributed by atoms with Crippen LogP contribution in [0, 0.1) is 0 Å². The summed E-state index contributed by atoms with van der Waals surface area (Å²) in [7, 11) is 0. The number of carbonyl (C=O) groups is 1. The quantitative estimate of drug-likeness (QED) is 0.684. The van der Waals surface area contributed by atoms with E-state index in [1.54, 1.807) is 6.08 Å². The van der Waals surface area contributed by atoms with E-state index in [4.69, 9.17) is 9.84 Å². The molecule has 1 rings (SSSR count). The van der Waals surface area contributed by atoms with Crippen LogP contribution in [0.5, 0.6) is 0 Å². The highest BCUT2D eigenvalue weighted by molar-refractivity contribution is 5.86. The van der Waals surface area contributed by atoms with Gasteiger partial charge in [-0.3, -0.25) is 0 Å². The highest BCUT2D eigenvalue weighted by Gasteiger charge is 2.16. The molecule has 3 heteroatoms. The average molecular weight is 170 g/mol. The van der Waals surface area contributed by atoms with Crippen LogP contribution < -0.4 is 0 Å². The van der Waals surface area contributed by atoms with Gasteiger partial charge in [0.25, 0.3) is 0 Å². The highest BCUT2D eigenvalue weighted by atomic mass is 16.5. The fourth-order valence-corrected chi connectivity index (χ4v) is 1.29. The lowest BCUT2D eigenvalue weighted by Gasteiger charge is -2.12. The zero-order chi connectivity index (χ0) is 8.97.